The molecule has 0 aliphatic heterocycles. The second-order valence-corrected chi connectivity index (χ2v) is 6.39. The van der Waals surface area contributed by atoms with E-state index in [1.807, 2.05) is 32.3 Å². The molecule has 2 heterocycles. The van der Waals surface area contributed by atoms with E-state index in [0.717, 1.165) is 30.1 Å². The summed E-state index contributed by atoms with van der Waals surface area (Å²) >= 11 is 0. The zero-order valence-corrected chi connectivity index (χ0v) is 12.5. The van der Waals surface area contributed by atoms with Gasteiger partial charge in [0.1, 0.15) is 5.76 Å². The van der Waals surface area contributed by atoms with Crippen molar-refractivity contribution < 1.29 is 4.42 Å². The van der Waals surface area contributed by atoms with Crippen molar-refractivity contribution in [2.45, 2.75) is 39.7 Å². The van der Waals surface area contributed by atoms with Crippen molar-refractivity contribution in [1.29, 1.82) is 0 Å². The van der Waals surface area contributed by atoms with Gasteiger partial charge in [0.25, 0.3) is 0 Å². The first-order valence-electron chi connectivity index (χ1n) is 7.08. The normalized spacial score (nSPS) is 20.7. The first kappa shape index (κ1) is 13.3. The van der Waals surface area contributed by atoms with E-state index in [0.29, 0.717) is 11.9 Å². The van der Waals surface area contributed by atoms with Gasteiger partial charge in [0.15, 0.2) is 11.6 Å². The molecule has 0 amide bonds. The van der Waals surface area contributed by atoms with Crippen molar-refractivity contribution in [2.75, 3.05) is 7.05 Å². The molecule has 4 nitrogen and oxygen atoms in total. The van der Waals surface area contributed by atoms with Gasteiger partial charge in [-0.3, -0.25) is 0 Å². The second-order valence-electron chi connectivity index (χ2n) is 6.39. The van der Waals surface area contributed by atoms with Crippen LogP contribution in [0.5, 0.6) is 0 Å². The van der Waals surface area contributed by atoms with Gasteiger partial charge in [-0.15, -0.1) is 0 Å². The van der Waals surface area contributed by atoms with Crippen LogP contribution < -0.4 is 5.32 Å². The Kier molecular flexibility index (Phi) is 3.13. The molecule has 106 valence electrons. The lowest BCUT2D eigenvalue weighted by Crippen LogP contribution is -2.32. The Labute approximate surface area is 119 Å². The topological polar surface area (TPSA) is 51.0 Å². The van der Waals surface area contributed by atoms with Crippen molar-refractivity contribution in [3.05, 3.63) is 35.3 Å². The quantitative estimate of drug-likeness (QED) is 0.910. The summed E-state index contributed by atoms with van der Waals surface area (Å²) in [5.74, 6) is 2.31. The van der Waals surface area contributed by atoms with Gasteiger partial charge in [-0.05, 0) is 44.4 Å². The third-order valence-electron chi connectivity index (χ3n) is 3.99. The summed E-state index contributed by atoms with van der Waals surface area (Å²) < 4.78 is 5.63. The average molecular weight is 271 g/mol. The molecule has 20 heavy (non-hydrogen) atoms. The van der Waals surface area contributed by atoms with Crippen LogP contribution in [-0.4, -0.2) is 17.0 Å². The fourth-order valence-corrected chi connectivity index (χ4v) is 2.98. The first-order chi connectivity index (χ1) is 9.48. The Morgan fingerprint density at radius 1 is 1.35 bits per heavy atom. The van der Waals surface area contributed by atoms with Gasteiger partial charge in [0.05, 0.1) is 0 Å². The van der Waals surface area contributed by atoms with E-state index in [-0.39, 0.29) is 5.41 Å². The predicted octanol–water partition coefficient (Wildman–Crippen LogP) is 3.28. The average Bonchev–Trinajstić information content (AvgIpc) is 2.82. The lowest BCUT2D eigenvalue weighted by molar-refractivity contribution is 0.260. The van der Waals surface area contributed by atoms with Crippen LogP contribution in [0.4, 0.5) is 0 Å². The van der Waals surface area contributed by atoms with Crippen molar-refractivity contribution in [3.63, 3.8) is 0 Å². The summed E-state index contributed by atoms with van der Waals surface area (Å²) in [6.07, 6.45) is 4.04. The lowest BCUT2D eigenvalue weighted by atomic mass is 9.74. The largest absolute Gasteiger partial charge is 0.458 e. The number of hydrogen-bond acceptors (Lipinski definition) is 4. The molecule has 1 aliphatic carbocycles. The third-order valence-corrected chi connectivity index (χ3v) is 3.99. The van der Waals surface area contributed by atoms with E-state index < -0.39 is 0 Å². The molecule has 0 fully saturated rings. The summed E-state index contributed by atoms with van der Waals surface area (Å²) in [4.78, 5) is 9.22. The molecule has 2 aromatic heterocycles. The number of rotatable bonds is 2. The van der Waals surface area contributed by atoms with E-state index in [9.17, 15) is 0 Å². The van der Waals surface area contributed by atoms with Crippen molar-refractivity contribution in [3.8, 4) is 11.6 Å². The molecule has 0 saturated heterocycles. The number of aryl methyl sites for hydroxylation is 1. The molecule has 2 aromatic rings. The molecule has 1 atom stereocenters. The zero-order valence-electron chi connectivity index (χ0n) is 12.5. The van der Waals surface area contributed by atoms with Crippen LogP contribution in [-0.2, 0) is 6.42 Å². The number of hydrogen-bond donors (Lipinski definition) is 1. The van der Waals surface area contributed by atoms with E-state index in [4.69, 9.17) is 9.40 Å². The van der Waals surface area contributed by atoms with Gasteiger partial charge in [-0.1, -0.05) is 13.8 Å². The first-order valence-corrected chi connectivity index (χ1v) is 7.08. The van der Waals surface area contributed by atoms with Gasteiger partial charge in [-0.25, -0.2) is 9.97 Å². The molecule has 0 aromatic carbocycles. The minimum absolute atomic E-state index is 0.255. The Balaban J connectivity index is 2.04. The molecule has 4 heteroatoms. The van der Waals surface area contributed by atoms with Crippen LogP contribution in [0.15, 0.2) is 22.7 Å². The van der Waals surface area contributed by atoms with E-state index in [1.54, 1.807) is 0 Å². The third kappa shape index (κ3) is 2.36. The molecular weight excluding hydrogens is 250 g/mol. The van der Waals surface area contributed by atoms with Crippen LogP contribution in [0, 0.1) is 12.3 Å². The maximum Gasteiger partial charge on any atom is 0.195 e. The smallest absolute Gasteiger partial charge is 0.195 e. The highest BCUT2D eigenvalue weighted by atomic mass is 16.3. The monoisotopic (exact) mass is 271 g/mol. The number of furan rings is 1. The maximum absolute atomic E-state index is 5.63. The molecule has 1 N–H and O–H groups in total. The molecular formula is C16H21N3O. The van der Waals surface area contributed by atoms with E-state index in [2.05, 4.69) is 24.1 Å². The highest BCUT2D eigenvalue weighted by molar-refractivity contribution is 5.48. The molecule has 3 rings (SSSR count). The minimum atomic E-state index is 0.255. The van der Waals surface area contributed by atoms with Gasteiger partial charge in [-0.2, -0.15) is 0 Å². The molecule has 0 bridgehead atoms. The number of fused-ring (bicyclic) bond motifs is 1. The van der Waals surface area contributed by atoms with Crippen molar-refractivity contribution in [1.82, 2.24) is 15.3 Å². The summed E-state index contributed by atoms with van der Waals surface area (Å²) in [6, 6.07) is 4.21. The number of nitrogens with zero attached hydrogens (tertiary/aromatic N) is 2. The van der Waals surface area contributed by atoms with E-state index >= 15 is 0 Å². The lowest BCUT2D eigenvalue weighted by Gasteiger charge is -2.36. The molecule has 0 saturated carbocycles. The van der Waals surface area contributed by atoms with Crippen molar-refractivity contribution >= 4 is 0 Å². The van der Waals surface area contributed by atoms with Crippen molar-refractivity contribution in [2.24, 2.45) is 5.41 Å². The predicted molar refractivity (Wildman–Crippen MR) is 78.4 cm³/mol. The minimum Gasteiger partial charge on any atom is -0.458 e. The fraction of sp³-hybridized carbons (Fsp3) is 0.500. The summed E-state index contributed by atoms with van der Waals surface area (Å²) in [7, 11) is 2.00. The SMILES string of the molecule is CNC1CC(C)(C)Cc2nc(-c3ccc(C)o3)ncc21. The zero-order chi connectivity index (χ0) is 14.3. The van der Waals surface area contributed by atoms with Gasteiger partial charge >= 0.3 is 0 Å². The summed E-state index contributed by atoms with van der Waals surface area (Å²) in [5.41, 5.74) is 2.62. The Morgan fingerprint density at radius 3 is 2.80 bits per heavy atom. The van der Waals surface area contributed by atoms with Gasteiger partial charge in [0.2, 0.25) is 0 Å². The van der Waals surface area contributed by atoms with Crippen LogP contribution in [0.1, 0.15) is 43.3 Å². The molecule has 0 spiro atoms. The van der Waals surface area contributed by atoms with Gasteiger partial charge in [0, 0.05) is 23.5 Å². The highest BCUT2D eigenvalue weighted by Gasteiger charge is 2.33. The van der Waals surface area contributed by atoms with E-state index in [1.165, 1.54) is 5.56 Å². The number of aromatic nitrogens is 2. The highest BCUT2D eigenvalue weighted by Crippen LogP contribution is 2.40. The van der Waals surface area contributed by atoms with Crippen LogP contribution in [0.2, 0.25) is 0 Å². The standard InChI is InChI=1S/C16H21N3O/c1-10-5-6-14(20-10)15-18-9-11-12(17-4)7-16(2,3)8-13(11)19-15/h5-6,9,12,17H,7-8H2,1-4H3. The Morgan fingerprint density at radius 2 is 2.15 bits per heavy atom. The van der Waals surface area contributed by atoms with Crippen LogP contribution in [0.25, 0.3) is 11.6 Å². The maximum atomic E-state index is 5.63. The Hall–Kier alpha value is -1.68. The Bertz CT molecular complexity index is 630. The molecule has 0 radical (unpaired) electrons. The van der Waals surface area contributed by atoms with Crippen LogP contribution in [0.3, 0.4) is 0 Å². The molecule has 1 unspecified atom stereocenters. The van der Waals surface area contributed by atoms with Crippen LogP contribution >= 0.6 is 0 Å². The summed E-state index contributed by atoms with van der Waals surface area (Å²) in [6.45, 7) is 6.51. The fourth-order valence-electron chi connectivity index (χ4n) is 2.98. The van der Waals surface area contributed by atoms with Gasteiger partial charge < -0.3 is 9.73 Å². The summed E-state index contributed by atoms with van der Waals surface area (Å²) in [5, 5.41) is 3.38. The molecule has 1 aliphatic rings. The second kappa shape index (κ2) is 4.70. The number of nitrogens with one attached hydrogen (secondary N) is 1.